The first-order valence-electron chi connectivity index (χ1n) is 13.0. The van der Waals surface area contributed by atoms with Crippen molar-refractivity contribution in [1.29, 1.82) is 0 Å². The fourth-order valence-electron chi connectivity index (χ4n) is 4.78. The van der Waals surface area contributed by atoms with E-state index >= 15 is 0 Å². The van der Waals surface area contributed by atoms with Crippen molar-refractivity contribution in [2.45, 2.75) is 26.2 Å². The van der Waals surface area contributed by atoms with Gasteiger partial charge in [-0.25, -0.2) is 9.78 Å². The van der Waals surface area contributed by atoms with Gasteiger partial charge in [0.1, 0.15) is 5.75 Å². The molecule has 5 aromatic rings. The molecule has 0 radical (unpaired) electrons. The summed E-state index contributed by atoms with van der Waals surface area (Å²) >= 11 is 0. The molecule has 4 N–H and O–H groups in total. The van der Waals surface area contributed by atoms with Gasteiger partial charge in [-0.2, -0.15) is 0 Å². The van der Waals surface area contributed by atoms with E-state index in [-0.39, 0.29) is 5.88 Å². The molecular weight excluding hydrogens is 494 g/mol. The number of aryl methyl sites for hydroxylation is 2. The molecule has 0 amide bonds. The van der Waals surface area contributed by atoms with Gasteiger partial charge in [0, 0.05) is 34.2 Å². The molecule has 0 atom stereocenters. The van der Waals surface area contributed by atoms with Crippen LogP contribution >= 0.6 is 0 Å². The van der Waals surface area contributed by atoms with Crippen LogP contribution < -0.4 is 19.9 Å². The van der Waals surface area contributed by atoms with Gasteiger partial charge >= 0.3 is 6.16 Å². The van der Waals surface area contributed by atoms with E-state index < -0.39 is 6.16 Å². The largest absolute Gasteiger partial charge is 0.512 e. The Labute approximate surface area is 226 Å². The van der Waals surface area contributed by atoms with Crippen molar-refractivity contribution in [3.63, 3.8) is 0 Å². The molecule has 0 unspecified atom stereocenters. The molecular formula is C31H31N3O5. The molecule has 0 bridgehead atoms. The number of H-pyrrole nitrogens is 1. The van der Waals surface area contributed by atoms with Crippen LogP contribution in [0.2, 0.25) is 0 Å². The summed E-state index contributed by atoms with van der Waals surface area (Å²) in [6, 6.07) is 21.9. The minimum atomic E-state index is -1.37. The van der Waals surface area contributed by atoms with E-state index in [9.17, 15) is 9.90 Å². The minimum absolute atomic E-state index is 0.223. The highest BCUT2D eigenvalue weighted by Crippen LogP contribution is 2.37. The van der Waals surface area contributed by atoms with Gasteiger partial charge in [-0.1, -0.05) is 54.6 Å². The molecule has 0 saturated carbocycles. The molecule has 0 saturated heterocycles. The number of para-hydroxylation sites is 1. The molecule has 0 fully saturated rings. The van der Waals surface area contributed by atoms with Crippen LogP contribution in [0.3, 0.4) is 0 Å². The lowest BCUT2D eigenvalue weighted by molar-refractivity contribution is 0.142. The molecule has 39 heavy (non-hydrogen) atoms. The van der Waals surface area contributed by atoms with Gasteiger partial charge in [-0.05, 0) is 55.3 Å². The highest BCUT2D eigenvalue weighted by Gasteiger charge is 2.19. The fraction of sp³-hybridized carbons (Fsp3) is 0.226. The van der Waals surface area contributed by atoms with E-state index in [0.717, 1.165) is 56.1 Å². The van der Waals surface area contributed by atoms with Gasteiger partial charge in [0.15, 0.2) is 0 Å². The zero-order valence-electron chi connectivity index (χ0n) is 21.8. The summed E-state index contributed by atoms with van der Waals surface area (Å²) in [5.74, 6) is 1.57. The number of rotatable bonds is 11. The standard InChI is InChI=1S/C31H31N3O5/c1-20-19-33-28(38-17-7-15-32)18-26(20)24-12-5-11-23-25(30(34-29(23)24)39-31(35)36)13-6-16-37-27-14-4-9-21-8-2-3-10-22(21)27/h2-5,8-12,14,18-19,34H,6-7,13,15-17,32H2,1H3,(H,35,36). The highest BCUT2D eigenvalue weighted by molar-refractivity contribution is 5.98. The normalized spacial score (nSPS) is 11.1. The van der Waals surface area contributed by atoms with E-state index in [1.165, 1.54) is 0 Å². The number of carbonyl (C=O) groups is 1. The van der Waals surface area contributed by atoms with Crippen LogP contribution in [-0.2, 0) is 6.42 Å². The number of benzene rings is 3. The van der Waals surface area contributed by atoms with Crippen LogP contribution in [0.5, 0.6) is 17.5 Å². The number of aromatic nitrogens is 2. The van der Waals surface area contributed by atoms with Crippen LogP contribution in [0, 0.1) is 6.92 Å². The summed E-state index contributed by atoms with van der Waals surface area (Å²) in [7, 11) is 0. The highest BCUT2D eigenvalue weighted by atomic mass is 16.7. The number of nitrogens with two attached hydrogens (primary N) is 1. The maximum Gasteiger partial charge on any atom is 0.512 e. The molecule has 200 valence electrons. The lowest BCUT2D eigenvalue weighted by Gasteiger charge is -2.11. The number of fused-ring (bicyclic) bond motifs is 2. The molecule has 0 aliphatic carbocycles. The fourth-order valence-corrected chi connectivity index (χ4v) is 4.78. The van der Waals surface area contributed by atoms with Gasteiger partial charge in [0.2, 0.25) is 11.8 Å². The number of hydrogen-bond acceptors (Lipinski definition) is 6. The maximum atomic E-state index is 11.5. The van der Waals surface area contributed by atoms with E-state index in [2.05, 4.69) is 22.1 Å². The van der Waals surface area contributed by atoms with Gasteiger partial charge in [0.25, 0.3) is 0 Å². The number of pyridine rings is 1. The summed E-state index contributed by atoms with van der Waals surface area (Å²) < 4.78 is 17.1. The van der Waals surface area contributed by atoms with Crippen molar-refractivity contribution in [2.24, 2.45) is 5.73 Å². The Balaban J connectivity index is 1.41. The SMILES string of the molecule is Cc1cnc(OCCCN)cc1-c1cccc2c(CCCOc3cccc4ccccc34)c(OC(=O)O)[nH]c12. The Morgan fingerprint density at radius 1 is 0.949 bits per heavy atom. The van der Waals surface area contributed by atoms with Crippen LogP contribution in [-0.4, -0.2) is 41.0 Å². The Bertz CT molecular complexity index is 1610. The molecule has 0 aliphatic rings. The van der Waals surface area contributed by atoms with Crippen LogP contribution in [0.1, 0.15) is 24.0 Å². The Hall–Kier alpha value is -4.56. The second-order valence-corrected chi connectivity index (χ2v) is 9.29. The van der Waals surface area contributed by atoms with Crippen molar-refractivity contribution in [3.05, 3.63) is 84.1 Å². The zero-order chi connectivity index (χ0) is 27.2. The number of hydrogen-bond donors (Lipinski definition) is 3. The summed E-state index contributed by atoms with van der Waals surface area (Å²) in [5, 5.41) is 12.5. The second kappa shape index (κ2) is 11.9. The summed E-state index contributed by atoms with van der Waals surface area (Å²) in [6.07, 6.45) is 2.38. The number of aromatic amines is 1. The molecule has 8 nitrogen and oxygen atoms in total. The molecule has 5 rings (SSSR count). The monoisotopic (exact) mass is 525 g/mol. The number of nitrogens with one attached hydrogen (secondary N) is 1. The Morgan fingerprint density at radius 3 is 2.56 bits per heavy atom. The molecule has 0 spiro atoms. The summed E-state index contributed by atoms with van der Waals surface area (Å²) in [5.41, 5.74) is 9.98. The van der Waals surface area contributed by atoms with E-state index in [1.807, 2.05) is 61.5 Å². The van der Waals surface area contributed by atoms with E-state index in [4.69, 9.17) is 19.9 Å². The lowest BCUT2D eigenvalue weighted by Crippen LogP contribution is -2.07. The van der Waals surface area contributed by atoms with Crippen LogP contribution in [0.15, 0.2) is 72.9 Å². The molecule has 2 aromatic heterocycles. The molecule has 3 aromatic carbocycles. The first kappa shape index (κ1) is 26.1. The third-order valence-electron chi connectivity index (χ3n) is 6.64. The number of carboxylic acid groups (broad SMARTS) is 1. The van der Waals surface area contributed by atoms with Gasteiger partial charge in [-0.15, -0.1) is 0 Å². The number of ether oxygens (including phenoxy) is 3. The third-order valence-corrected chi connectivity index (χ3v) is 6.64. The minimum Gasteiger partial charge on any atom is -0.493 e. The first-order chi connectivity index (χ1) is 19.0. The zero-order valence-corrected chi connectivity index (χ0v) is 21.8. The smallest absolute Gasteiger partial charge is 0.493 e. The molecule has 0 aliphatic heterocycles. The predicted molar refractivity (Wildman–Crippen MR) is 152 cm³/mol. The summed E-state index contributed by atoms with van der Waals surface area (Å²) in [4.78, 5) is 19.1. The van der Waals surface area contributed by atoms with Gasteiger partial charge < -0.3 is 30.0 Å². The van der Waals surface area contributed by atoms with Gasteiger partial charge in [-0.3, -0.25) is 0 Å². The average molecular weight is 526 g/mol. The lowest BCUT2D eigenvalue weighted by atomic mass is 9.98. The molecule has 8 heteroatoms. The topological polar surface area (TPSA) is 120 Å². The van der Waals surface area contributed by atoms with Gasteiger partial charge in [0.05, 0.1) is 18.7 Å². The second-order valence-electron chi connectivity index (χ2n) is 9.29. The number of nitrogens with zero attached hydrogens (tertiary/aromatic N) is 1. The Morgan fingerprint density at radius 2 is 1.72 bits per heavy atom. The van der Waals surface area contributed by atoms with Crippen LogP contribution in [0.4, 0.5) is 4.79 Å². The summed E-state index contributed by atoms with van der Waals surface area (Å²) in [6.45, 7) is 3.48. The van der Waals surface area contributed by atoms with Crippen molar-refractivity contribution in [3.8, 4) is 28.6 Å². The Kier molecular flexibility index (Phi) is 7.94. The molecule has 2 heterocycles. The van der Waals surface area contributed by atoms with Crippen LogP contribution in [0.25, 0.3) is 32.8 Å². The van der Waals surface area contributed by atoms with Crippen molar-refractivity contribution in [1.82, 2.24) is 9.97 Å². The third kappa shape index (κ3) is 5.81. The van der Waals surface area contributed by atoms with E-state index in [0.29, 0.717) is 38.5 Å². The first-order valence-corrected chi connectivity index (χ1v) is 13.0. The maximum absolute atomic E-state index is 11.5. The van der Waals surface area contributed by atoms with Crippen molar-refractivity contribution < 1.29 is 24.1 Å². The predicted octanol–water partition coefficient (Wildman–Crippen LogP) is 6.49. The van der Waals surface area contributed by atoms with Crippen molar-refractivity contribution in [2.75, 3.05) is 19.8 Å². The van der Waals surface area contributed by atoms with E-state index in [1.54, 1.807) is 6.20 Å². The quantitative estimate of drug-likeness (QED) is 0.133. The average Bonchev–Trinajstić information content (AvgIpc) is 3.28. The van der Waals surface area contributed by atoms with Crippen molar-refractivity contribution >= 4 is 27.8 Å².